The fourth-order valence-corrected chi connectivity index (χ4v) is 6.72. The van der Waals surface area contributed by atoms with E-state index < -0.39 is 10.0 Å². The number of halogens is 2. The molecule has 2 fully saturated rings. The van der Waals surface area contributed by atoms with Crippen molar-refractivity contribution in [2.24, 2.45) is 5.92 Å². The topological polar surface area (TPSA) is 79.0 Å². The highest BCUT2D eigenvalue weighted by Crippen LogP contribution is 2.26. The monoisotopic (exact) mass is 539 g/mol. The van der Waals surface area contributed by atoms with E-state index in [1.807, 2.05) is 12.1 Å². The maximum absolute atomic E-state index is 13.0. The number of hydrogen-bond acceptors (Lipinski definition) is 5. The third kappa shape index (κ3) is 7.41. The van der Waals surface area contributed by atoms with Crippen LogP contribution in [0, 0.1) is 5.92 Å². The van der Waals surface area contributed by atoms with E-state index in [4.69, 9.17) is 27.9 Å². The van der Waals surface area contributed by atoms with Crippen molar-refractivity contribution >= 4 is 39.1 Å². The van der Waals surface area contributed by atoms with Gasteiger partial charge in [0.25, 0.3) is 0 Å². The molecule has 0 aliphatic carbocycles. The van der Waals surface area contributed by atoms with E-state index >= 15 is 0 Å². The highest BCUT2D eigenvalue weighted by Gasteiger charge is 2.32. The van der Waals surface area contributed by atoms with Crippen molar-refractivity contribution in [3.8, 4) is 0 Å². The summed E-state index contributed by atoms with van der Waals surface area (Å²) in [5.74, 6) is -0.712. The first kappa shape index (κ1) is 26.4. The zero-order valence-corrected chi connectivity index (χ0v) is 21.9. The molecule has 0 aromatic heterocycles. The Morgan fingerprint density at radius 3 is 2.60 bits per heavy atom. The molecule has 1 unspecified atom stereocenters. The highest BCUT2D eigenvalue weighted by molar-refractivity contribution is 7.88. The third-order valence-corrected chi connectivity index (χ3v) is 8.85. The maximum Gasteiger partial charge on any atom is 0.224 e. The van der Waals surface area contributed by atoms with Crippen LogP contribution in [0.1, 0.15) is 29.5 Å². The lowest BCUT2D eigenvalue weighted by atomic mass is 9.98. The van der Waals surface area contributed by atoms with E-state index in [1.165, 1.54) is 15.9 Å². The van der Waals surface area contributed by atoms with Crippen LogP contribution >= 0.6 is 23.2 Å². The molecule has 1 amide bonds. The number of sulfonamides is 1. The minimum Gasteiger partial charge on any atom is -0.379 e. The number of piperidine rings is 1. The second-order valence-corrected chi connectivity index (χ2v) is 11.9. The zero-order chi connectivity index (χ0) is 24.8. The number of carbonyl (C=O) groups is 1. The van der Waals surface area contributed by atoms with Crippen molar-refractivity contribution in [3.05, 3.63) is 69.2 Å². The Hall–Kier alpha value is -1.68. The lowest BCUT2D eigenvalue weighted by Gasteiger charge is -2.31. The summed E-state index contributed by atoms with van der Waals surface area (Å²) in [5, 5.41) is 3.79. The fraction of sp³-hybridized carbons (Fsp3) is 0.480. The first-order valence-corrected chi connectivity index (χ1v) is 14.2. The third-order valence-electron chi connectivity index (χ3n) is 6.47. The molecule has 0 spiro atoms. The van der Waals surface area contributed by atoms with E-state index in [1.54, 1.807) is 12.1 Å². The van der Waals surface area contributed by atoms with Crippen LogP contribution in [-0.2, 0) is 38.4 Å². The van der Waals surface area contributed by atoms with E-state index in [2.05, 4.69) is 22.3 Å². The lowest BCUT2D eigenvalue weighted by molar-refractivity contribution is -0.126. The van der Waals surface area contributed by atoms with Gasteiger partial charge in [0, 0.05) is 49.3 Å². The Morgan fingerprint density at radius 1 is 1.06 bits per heavy atom. The number of amides is 1. The van der Waals surface area contributed by atoms with Crippen LogP contribution in [0.3, 0.4) is 0 Å². The summed E-state index contributed by atoms with van der Waals surface area (Å²) in [7, 11) is -3.61. The Labute approximate surface area is 217 Å². The Balaban J connectivity index is 1.31. The van der Waals surface area contributed by atoms with E-state index in [0.29, 0.717) is 41.5 Å². The molecule has 1 N–H and O–H groups in total. The van der Waals surface area contributed by atoms with Gasteiger partial charge in [-0.05, 0) is 41.7 Å². The number of ether oxygens (including phenoxy) is 1. The molecule has 190 valence electrons. The number of nitrogens with one attached hydrogen (secondary N) is 1. The van der Waals surface area contributed by atoms with Gasteiger partial charge in [-0.15, -0.1) is 0 Å². The average molecular weight is 541 g/mol. The SMILES string of the molecule is O=C(NCc1cccc(CN2CCOCC2)c1)C1CCCN(S(=O)(=O)Cc2ccc(Cl)cc2Cl)C1. The van der Waals surface area contributed by atoms with Gasteiger partial charge in [-0.3, -0.25) is 9.69 Å². The summed E-state index contributed by atoms with van der Waals surface area (Å²) < 4.78 is 32.9. The van der Waals surface area contributed by atoms with Crippen molar-refractivity contribution in [3.63, 3.8) is 0 Å². The van der Waals surface area contributed by atoms with Gasteiger partial charge in [-0.2, -0.15) is 0 Å². The predicted molar refractivity (Wildman–Crippen MR) is 138 cm³/mol. The van der Waals surface area contributed by atoms with Crippen LogP contribution in [0.25, 0.3) is 0 Å². The highest BCUT2D eigenvalue weighted by atomic mass is 35.5. The molecule has 7 nitrogen and oxygen atoms in total. The fourth-order valence-electron chi connectivity index (χ4n) is 4.52. The molecule has 0 saturated carbocycles. The van der Waals surface area contributed by atoms with Gasteiger partial charge in [0.15, 0.2) is 0 Å². The molecule has 2 heterocycles. The van der Waals surface area contributed by atoms with Crippen LogP contribution in [-0.4, -0.2) is 62.9 Å². The molecular weight excluding hydrogens is 509 g/mol. The van der Waals surface area contributed by atoms with Gasteiger partial charge in [0.1, 0.15) is 0 Å². The van der Waals surface area contributed by atoms with Crippen LogP contribution in [0.4, 0.5) is 0 Å². The minimum absolute atomic E-state index is 0.118. The quantitative estimate of drug-likeness (QED) is 0.553. The molecule has 2 aliphatic heterocycles. The van der Waals surface area contributed by atoms with E-state index in [0.717, 1.165) is 38.4 Å². The second-order valence-electron chi connectivity index (χ2n) is 9.12. The molecular formula is C25H31Cl2N3O4S. The normalized spacial score (nSPS) is 20.0. The van der Waals surface area contributed by atoms with Gasteiger partial charge in [-0.25, -0.2) is 12.7 Å². The summed E-state index contributed by atoms with van der Waals surface area (Å²) in [6, 6.07) is 13.0. The summed E-state index contributed by atoms with van der Waals surface area (Å²) >= 11 is 12.1. The zero-order valence-electron chi connectivity index (χ0n) is 19.6. The first-order chi connectivity index (χ1) is 16.8. The molecule has 10 heteroatoms. The summed E-state index contributed by atoms with van der Waals surface area (Å²) in [4.78, 5) is 15.3. The van der Waals surface area contributed by atoms with Crippen molar-refractivity contribution < 1.29 is 17.9 Å². The maximum atomic E-state index is 13.0. The number of carbonyl (C=O) groups excluding carboxylic acids is 1. The van der Waals surface area contributed by atoms with Crippen molar-refractivity contribution in [1.29, 1.82) is 0 Å². The molecule has 2 aliphatic rings. The molecule has 0 bridgehead atoms. The minimum atomic E-state index is -3.61. The number of nitrogens with zero attached hydrogens (tertiary/aromatic N) is 2. The Morgan fingerprint density at radius 2 is 1.83 bits per heavy atom. The summed E-state index contributed by atoms with van der Waals surface area (Å²) in [6.45, 7) is 5.22. The molecule has 2 saturated heterocycles. The number of morpholine rings is 1. The van der Waals surface area contributed by atoms with Crippen LogP contribution in [0.15, 0.2) is 42.5 Å². The van der Waals surface area contributed by atoms with Gasteiger partial charge < -0.3 is 10.1 Å². The molecule has 35 heavy (non-hydrogen) atoms. The molecule has 4 rings (SSSR count). The second kappa shape index (κ2) is 12.0. The molecule has 1 atom stereocenters. The van der Waals surface area contributed by atoms with Crippen LogP contribution < -0.4 is 5.32 Å². The lowest BCUT2D eigenvalue weighted by Crippen LogP contribution is -2.45. The Kier molecular flexibility index (Phi) is 9.07. The van der Waals surface area contributed by atoms with Crippen molar-refractivity contribution in [1.82, 2.24) is 14.5 Å². The molecule has 2 aromatic rings. The first-order valence-electron chi connectivity index (χ1n) is 11.9. The smallest absolute Gasteiger partial charge is 0.224 e. The molecule has 0 radical (unpaired) electrons. The molecule has 2 aromatic carbocycles. The Bertz CT molecular complexity index is 1140. The largest absolute Gasteiger partial charge is 0.379 e. The van der Waals surface area contributed by atoms with Crippen molar-refractivity contribution in [2.75, 3.05) is 39.4 Å². The summed E-state index contributed by atoms with van der Waals surface area (Å²) in [5.41, 5.74) is 2.73. The number of benzene rings is 2. The van der Waals surface area contributed by atoms with Gasteiger partial charge in [0.2, 0.25) is 15.9 Å². The summed E-state index contributed by atoms with van der Waals surface area (Å²) in [6.07, 6.45) is 1.30. The van der Waals surface area contributed by atoms with Gasteiger partial charge >= 0.3 is 0 Å². The van der Waals surface area contributed by atoms with Gasteiger partial charge in [-0.1, -0.05) is 53.5 Å². The van der Waals surface area contributed by atoms with Crippen LogP contribution in [0.5, 0.6) is 0 Å². The van der Waals surface area contributed by atoms with Gasteiger partial charge in [0.05, 0.1) is 24.9 Å². The average Bonchev–Trinajstić information content (AvgIpc) is 2.85. The van der Waals surface area contributed by atoms with Crippen LogP contribution in [0.2, 0.25) is 10.0 Å². The predicted octanol–water partition coefficient (Wildman–Crippen LogP) is 3.68. The number of hydrogen-bond donors (Lipinski definition) is 1. The number of rotatable bonds is 8. The van der Waals surface area contributed by atoms with E-state index in [-0.39, 0.29) is 24.1 Å². The van der Waals surface area contributed by atoms with Crippen molar-refractivity contribution in [2.45, 2.75) is 31.7 Å². The standard InChI is InChI=1S/C25H31Cl2N3O4S/c26-23-7-6-22(24(27)14-23)18-35(32,33)30-8-2-5-21(17-30)25(31)28-15-19-3-1-4-20(13-19)16-29-9-11-34-12-10-29/h1,3-4,6-7,13-14,21H,2,5,8-12,15-18H2,(H,28,31). The van der Waals surface area contributed by atoms with E-state index in [9.17, 15) is 13.2 Å².